The Labute approximate surface area is 83.3 Å². The third-order valence-electron chi connectivity index (χ3n) is 1.32. The van der Waals surface area contributed by atoms with Gasteiger partial charge in [-0.25, -0.2) is 4.98 Å². The molecule has 0 aliphatic heterocycles. The van der Waals surface area contributed by atoms with Gasteiger partial charge in [-0.05, 0) is 0 Å². The highest BCUT2D eigenvalue weighted by atomic mass is 16.5. The van der Waals surface area contributed by atoms with E-state index in [2.05, 4.69) is 9.97 Å². The summed E-state index contributed by atoms with van der Waals surface area (Å²) in [5.74, 6) is 0.196. The van der Waals surface area contributed by atoms with Gasteiger partial charge in [0.15, 0.2) is 11.6 Å². The minimum atomic E-state index is -0.206. The van der Waals surface area contributed by atoms with Crippen LogP contribution in [0.25, 0.3) is 0 Å². The SMILES string of the molecule is CC.COc1cnc(C(C)=O)c(N)n1. The van der Waals surface area contributed by atoms with Crippen LogP contribution in [0, 0.1) is 0 Å². The van der Waals surface area contributed by atoms with Crippen LogP contribution in [-0.4, -0.2) is 22.9 Å². The van der Waals surface area contributed by atoms with Gasteiger partial charge in [-0.15, -0.1) is 0 Å². The second kappa shape index (κ2) is 5.90. The summed E-state index contributed by atoms with van der Waals surface area (Å²) in [5, 5.41) is 0. The number of Topliss-reactive ketones (excluding diaryl/α,β-unsaturated/α-hetero) is 1. The Morgan fingerprint density at radius 1 is 1.50 bits per heavy atom. The Kier molecular flexibility index (Phi) is 5.21. The second-order valence-electron chi connectivity index (χ2n) is 2.20. The largest absolute Gasteiger partial charge is 0.480 e. The molecule has 2 N–H and O–H groups in total. The second-order valence-corrected chi connectivity index (χ2v) is 2.20. The van der Waals surface area contributed by atoms with E-state index in [1.807, 2.05) is 13.8 Å². The predicted molar refractivity (Wildman–Crippen MR) is 54.3 cm³/mol. The summed E-state index contributed by atoms with van der Waals surface area (Å²) in [6.45, 7) is 5.38. The molecular formula is C9H15N3O2. The van der Waals surface area contributed by atoms with Gasteiger partial charge in [0.05, 0.1) is 13.3 Å². The van der Waals surface area contributed by atoms with E-state index in [0.29, 0.717) is 5.88 Å². The zero-order valence-electron chi connectivity index (χ0n) is 8.87. The number of hydrogen-bond acceptors (Lipinski definition) is 5. The van der Waals surface area contributed by atoms with Crippen molar-refractivity contribution in [1.82, 2.24) is 9.97 Å². The first-order valence-corrected chi connectivity index (χ1v) is 4.32. The summed E-state index contributed by atoms with van der Waals surface area (Å²) in [5.41, 5.74) is 5.60. The van der Waals surface area contributed by atoms with Gasteiger partial charge >= 0.3 is 0 Å². The molecule has 0 aliphatic carbocycles. The molecule has 78 valence electrons. The van der Waals surface area contributed by atoms with Gasteiger partial charge in [0.1, 0.15) is 5.69 Å². The summed E-state index contributed by atoms with van der Waals surface area (Å²) in [4.78, 5) is 18.4. The molecule has 5 nitrogen and oxygen atoms in total. The summed E-state index contributed by atoms with van der Waals surface area (Å²) in [6, 6.07) is 0. The van der Waals surface area contributed by atoms with E-state index in [4.69, 9.17) is 10.5 Å². The molecule has 1 aromatic heterocycles. The first-order chi connectivity index (χ1) is 6.65. The van der Waals surface area contributed by atoms with Crippen molar-refractivity contribution in [3.05, 3.63) is 11.9 Å². The number of ether oxygens (including phenoxy) is 1. The molecular weight excluding hydrogens is 182 g/mol. The van der Waals surface area contributed by atoms with Gasteiger partial charge in [0, 0.05) is 6.92 Å². The fourth-order valence-corrected chi connectivity index (χ4v) is 0.756. The maximum atomic E-state index is 10.8. The molecule has 1 heterocycles. The molecule has 1 rings (SSSR count). The molecule has 0 saturated heterocycles. The van der Waals surface area contributed by atoms with Crippen molar-refractivity contribution in [2.75, 3.05) is 12.8 Å². The molecule has 0 amide bonds. The highest BCUT2D eigenvalue weighted by molar-refractivity contribution is 5.96. The number of carbonyl (C=O) groups excluding carboxylic acids is 1. The molecule has 14 heavy (non-hydrogen) atoms. The van der Waals surface area contributed by atoms with Gasteiger partial charge in [0.2, 0.25) is 5.88 Å². The average Bonchev–Trinajstić information content (AvgIpc) is 2.20. The van der Waals surface area contributed by atoms with Crippen molar-refractivity contribution in [2.24, 2.45) is 0 Å². The highest BCUT2D eigenvalue weighted by Gasteiger charge is 2.08. The molecule has 0 bridgehead atoms. The lowest BCUT2D eigenvalue weighted by Gasteiger charge is -2.01. The average molecular weight is 197 g/mol. The first kappa shape index (κ1) is 12.3. The lowest BCUT2D eigenvalue weighted by atomic mass is 10.3. The van der Waals surface area contributed by atoms with Crippen molar-refractivity contribution in [3.63, 3.8) is 0 Å². The van der Waals surface area contributed by atoms with Gasteiger partial charge < -0.3 is 10.5 Å². The minimum absolute atomic E-state index is 0.0989. The van der Waals surface area contributed by atoms with Gasteiger partial charge in [-0.3, -0.25) is 4.79 Å². The molecule has 1 aromatic rings. The van der Waals surface area contributed by atoms with Crippen molar-refractivity contribution < 1.29 is 9.53 Å². The van der Waals surface area contributed by atoms with Crippen molar-refractivity contribution >= 4 is 11.6 Å². The summed E-state index contributed by atoms with van der Waals surface area (Å²) >= 11 is 0. The van der Waals surface area contributed by atoms with Crippen molar-refractivity contribution in [2.45, 2.75) is 20.8 Å². The summed E-state index contributed by atoms with van der Waals surface area (Å²) < 4.78 is 4.76. The van der Waals surface area contributed by atoms with Crippen LogP contribution in [-0.2, 0) is 0 Å². The fourth-order valence-electron chi connectivity index (χ4n) is 0.756. The van der Waals surface area contributed by atoms with E-state index < -0.39 is 0 Å². The summed E-state index contributed by atoms with van der Waals surface area (Å²) in [6.07, 6.45) is 1.35. The maximum Gasteiger partial charge on any atom is 0.234 e. The number of carbonyl (C=O) groups is 1. The molecule has 0 spiro atoms. The Hall–Kier alpha value is -1.65. The van der Waals surface area contributed by atoms with Gasteiger partial charge in [0.25, 0.3) is 0 Å². The van der Waals surface area contributed by atoms with E-state index in [-0.39, 0.29) is 17.3 Å². The zero-order valence-corrected chi connectivity index (χ0v) is 8.87. The Balaban J connectivity index is 0.000000791. The highest BCUT2D eigenvalue weighted by Crippen LogP contribution is 2.10. The molecule has 0 saturated carbocycles. The molecule has 0 aliphatic rings. The van der Waals surface area contributed by atoms with Crippen molar-refractivity contribution in [1.29, 1.82) is 0 Å². The van der Waals surface area contributed by atoms with Crippen LogP contribution >= 0.6 is 0 Å². The number of methoxy groups -OCH3 is 1. The zero-order chi connectivity index (χ0) is 11.1. The van der Waals surface area contributed by atoms with E-state index >= 15 is 0 Å². The van der Waals surface area contributed by atoms with Crippen LogP contribution in [0.3, 0.4) is 0 Å². The molecule has 0 atom stereocenters. The number of hydrogen-bond donors (Lipinski definition) is 1. The standard InChI is InChI=1S/C7H9N3O2.C2H6/c1-4(11)6-7(8)10-5(12-2)3-9-6;1-2/h3H,1-2H3,(H2,8,10);1-2H3. The van der Waals surface area contributed by atoms with E-state index in [1.54, 1.807) is 0 Å². The van der Waals surface area contributed by atoms with E-state index in [0.717, 1.165) is 0 Å². The first-order valence-electron chi connectivity index (χ1n) is 4.32. The third kappa shape index (κ3) is 3.01. The van der Waals surface area contributed by atoms with Crippen molar-refractivity contribution in [3.8, 4) is 5.88 Å². The van der Waals surface area contributed by atoms with Crippen LogP contribution in [0.4, 0.5) is 5.82 Å². The summed E-state index contributed by atoms with van der Waals surface area (Å²) in [7, 11) is 1.46. The van der Waals surface area contributed by atoms with Crippen LogP contribution in [0.15, 0.2) is 6.20 Å². The lowest BCUT2D eigenvalue weighted by Crippen LogP contribution is -2.06. The van der Waals surface area contributed by atoms with E-state index in [1.165, 1.54) is 20.2 Å². The predicted octanol–water partition coefficient (Wildman–Crippen LogP) is 1.30. The smallest absolute Gasteiger partial charge is 0.234 e. The number of nitrogens with zero attached hydrogens (tertiary/aromatic N) is 2. The van der Waals surface area contributed by atoms with E-state index in [9.17, 15) is 4.79 Å². The number of nitrogens with two attached hydrogens (primary N) is 1. The normalized spacial score (nSPS) is 8.57. The fraction of sp³-hybridized carbons (Fsp3) is 0.444. The topological polar surface area (TPSA) is 78.1 Å². The Morgan fingerprint density at radius 3 is 2.43 bits per heavy atom. The van der Waals surface area contributed by atoms with Crippen LogP contribution in [0.5, 0.6) is 5.88 Å². The number of anilines is 1. The third-order valence-corrected chi connectivity index (χ3v) is 1.32. The number of rotatable bonds is 2. The van der Waals surface area contributed by atoms with Crippen LogP contribution < -0.4 is 10.5 Å². The molecule has 0 aromatic carbocycles. The molecule has 0 unspecified atom stereocenters. The minimum Gasteiger partial charge on any atom is -0.480 e. The molecule has 0 radical (unpaired) electrons. The number of aromatic nitrogens is 2. The molecule has 5 heteroatoms. The van der Waals surface area contributed by atoms with Gasteiger partial charge in [-0.2, -0.15) is 4.98 Å². The monoisotopic (exact) mass is 197 g/mol. The number of ketones is 1. The maximum absolute atomic E-state index is 10.8. The van der Waals surface area contributed by atoms with Crippen LogP contribution in [0.2, 0.25) is 0 Å². The van der Waals surface area contributed by atoms with Crippen LogP contribution in [0.1, 0.15) is 31.3 Å². The Morgan fingerprint density at radius 2 is 2.07 bits per heavy atom. The Bertz CT molecular complexity index is 313. The molecule has 0 fully saturated rings. The quantitative estimate of drug-likeness (QED) is 0.723. The lowest BCUT2D eigenvalue weighted by molar-refractivity contribution is 0.101. The number of nitrogen functional groups attached to an aromatic ring is 1. The van der Waals surface area contributed by atoms with Gasteiger partial charge in [-0.1, -0.05) is 13.8 Å².